The number of aliphatic hydroxyl groups is 1. The maximum atomic E-state index is 13.9. The van der Waals surface area contributed by atoms with E-state index in [4.69, 9.17) is 5.26 Å². The van der Waals surface area contributed by atoms with Crippen LogP contribution in [0.1, 0.15) is 23.6 Å². The largest absolute Gasteiger partial charge is 0.394 e. The molecule has 0 aromatic heterocycles. The highest BCUT2D eigenvalue weighted by atomic mass is 32.2. The van der Waals surface area contributed by atoms with Crippen molar-refractivity contribution in [3.05, 3.63) is 83.7 Å². The van der Waals surface area contributed by atoms with Gasteiger partial charge in [0.15, 0.2) is 0 Å². The molecule has 0 amide bonds. The number of likely N-dealkylation sites (N-methyl/N-ethyl adjacent to an activating group) is 1. The Morgan fingerprint density at radius 2 is 1.82 bits per heavy atom. The Labute approximate surface area is 198 Å². The van der Waals surface area contributed by atoms with E-state index in [9.17, 15) is 17.9 Å². The average molecular weight is 478 g/mol. The summed E-state index contributed by atoms with van der Waals surface area (Å²) >= 11 is 0. The first-order valence-corrected chi connectivity index (χ1v) is 12.5. The number of sulfonamides is 1. The Kier molecular flexibility index (Phi) is 5.64. The molecule has 3 aromatic carbocycles. The van der Waals surface area contributed by atoms with E-state index in [-0.39, 0.29) is 23.5 Å². The molecule has 1 N–H and O–H groups in total. The summed E-state index contributed by atoms with van der Waals surface area (Å²) in [6.07, 6.45) is 0.593. The van der Waals surface area contributed by atoms with Gasteiger partial charge in [-0.25, -0.2) is 12.8 Å². The fourth-order valence-electron chi connectivity index (χ4n) is 5.36. The van der Waals surface area contributed by atoms with E-state index in [0.29, 0.717) is 18.5 Å². The summed E-state index contributed by atoms with van der Waals surface area (Å²) in [6.45, 7) is 0.196. The average Bonchev–Trinajstić information content (AvgIpc) is 3.30. The second kappa shape index (κ2) is 8.51. The van der Waals surface area contributed by atoms with Crippen LogP contribution in [0.2, 0.25) is 0 Å². The van der Waals surface area contributed by atoms with Crippen molar-refractivity contribution in [3.63, 3.8) is 0 Å². The molecule has 2 aliphatic heterocycles. The predicted molar refractivity (Wildman–Crippen MR) is 127 cm³/mol. The lowest BCUT2D eigenvalue weighted by atomic mass is 9.81. The molecule has 6 nitrogen and oxygen atoms in total. The Morgan fingerprint density at radius 1 is 1.09 bits per heavy atom. The monoisotopic (exact) mass is 477 g/mol. The van der Waals surface area contributed by atoms with E-state index < -0.39 is 21.9 Å². The van der Waals surface area contributed by atoms with E-state index in [1.807, 2.05) is 42.3 Å². The molecule has 2 heterocycles. The Hall–Kier alpha value is -3.25. The van der Waals surface area contributed by atoms with Crippen molar-refractivity contribution < 1.29 is 17.9 Å². The lowest BCUT2D eigenvalue weighted by Crippen LogP contribution is -2.48. The zero-order chi connectivity index (χ0) is 24.0. The van der Waals surface area contributed by atoms with Gasteiger partial charge in [0.2, 0.25) is 10.0 Å². The van der Waals surface area contributed by atoms with E-state index in [1.54, 1.807) is 12.1 Å². The topological polar surface area (TPSA) is 84.6 Å². The lowest BCUT2D eigenvalue weighted by Gasteiger charge is -2.44. The van der Waals surface area contributed by atoms with Crippen molar-refractivity contribution in [1.82, 2.24) is 4.31 Å². The van der Waals surface area contributed by atoms with Gasteiger partial charge in [0, 0.05) is 25.2 Å². The number of rotatable bonds is 4. The van der Waals surface area contributed by atoms with Crippen LogP contribution < -0.4 is 4.90 Å². The fraction of sp³-hybridized carbons (Fsp3) is 0.269. The number of aliphatic hydroxyl groups excluding tert-OH is 1. The van der Waals surface area contributed by atoms with Crippen molar-refractivity contribution >= 4 is 15.7 Å². The number of halogens is 1. The Balaban J connectivity index is 1.64. The van der Waals surface area contributed by atoms with Crippen molar-refractivity contribution in [2.75, 3.05) is 25.1 Å². The number of nitrogens with zero attached hydrogens (tertiary/aromatic N) is 3. The molecule has 3 atom stereocenters. The van der Waals surface area contributed by atoms with Gasteiger partial charge in [0.05, 0.1) is 35.2 Å². The van der Waals surface area contributed by atoms with Crippen molar-refractivity contribution in [2.45, 2.75) is 23.4 Å². The molecule has 174 valence electrons. The highest BCUT2D eigenvalue weighted by Crippen LogP contribution is 2.51. The molecule has 1 fully saturated rings. The van der Waals surface area contributed by atoms with Gasteiger partial charge in [0.1, 0.15) is 5.82 Å². The van der Waals surface area contributed by atoms with Gasteiger partial charge < -0.3 is 10.0 Å². The lowest BCUT2D eigenvalue weighted by molar-refractivity contribution is 0.193. The summed E-state index contributed by atoms with van der Waals surface area (Å²) in [6, 6.07) is 19.7. The highest BCUT2D eigenvalue weighted by molar-refractivity contribution is 7.89. The first-order valence-electron chi connectivity index (χ1n) is 11.1. The van der Waals surface area contributed by atoms with E-state index in [1.165, 1.54) is 22.5 Å². The minimum Gasteiger partial charge on any atom is -0.394 e. The fourth-order valence-corrected chi connectivity index (χ4v) is 7.06. The number of hydrogen-bond acceptors (Lipinski definition) is 5. The minimum absolute atomic E-state index is 0.0718. The molecule has 0 aliphatic carbocycles. The van der Waals surface area contributed by atoms with Gasteiger partial charge in [-0.05, 0) is 65.6 Å². The Morgan fingerprint density at radius 3 is 2.50 bits per heavy atom. The molecule has 34 heavy (non-hydrogen) atoms. The van der Waals surface area contributed by atoms with Crippen LogP contribution >= 0.6 is 0 Å². The van der Waals surface area contributed by atoms with Gasteiger partial charge in [-0.2, -0.15) is 9.57 Å². The first kappa shape index (κ1) is 22.5. The van der Waals surface area contributed by atoms with Crippen LogP contribution in [0.3, 0.4) is 0 Å². The van der Waals surface area contributed by atoms with Gasteiger partial charge in [-0.1, -0.05) is 24.3 Å². The third-order valence-corrected chi connectivity index (χ3v) is 8.93. The van der Waals surface area contributed by atoms with E-state index in [0.717, 1.165) is 28.4 Å². The summed E-state index contributed by atoms with van der Waals surface area (Å²) in [7, 11) is -2.04. The minimum atomic E-state index is -3.95. The molecule has 0 radical (unpaired) electrons. The molecular formula is C26H24FN3O3S. The van der Waals surface area contributed by atoms with Crippen LogP contribution in [0.15, 0.2) is 71.6 Å². The molecule has 3 aromatic rings. The molecule has 0 saturated carbocycles. The van der Waals surface area contributed by atoms with Crippen LogP contribution in [0.4, 0.5) is 10.1 Å². The van der Waals surface area contributed by atoms with Crippen LogP contribution in [0.5, 0.6) is 0 Å². The van der Waals surface area contributed by atoms with E-state index in [2.05, 4.69) is 6.07 Å². The normalized spacial score (nSPS) is 22.2. The summed E-state index contributed by atoms with van der Waals surface area (Å²) in [5.41, 5.74) is 4.11. The van der Waals surface area contributed by atoms with Gasteiger partial charge in [-0.3, -0.25) is 0 Å². The van der Waals surface area contributed by atoms with Crippen molar-refractivity contribution in [1.29, 1.82) is 5.26 Å². The summed E-state index contributed by atoms with van der Waals surface area (Å²) in [5.74, 6) is -0.709. The molecule has 8 heteroatoms. The SMILES string of the molecule is CN1c2ccc(-c3ccc(C#N)cc3)cc2[C@@H]2[C@@H](CCN2S(=O)(=O)c2cccc(F)c2)[C@H]1CO. The standard InChI is InChI=1S/C26H24FN3O3S/c1-29-24-10-9-19(18-7-5-17(15-28)6-8-18)13-23(24)26-22(25(29)16-31)11-12-30(26)34(32,33)21-4-2-3-20(27)14-21/h2-10,13-14,22,25-26,31H,11-12,16H2,1H3/t22-,25+,26-/m0/s1. The number of fused-ring (bicyclic) bond motifs is 3. The highest BCUT2D eigenvalue weighted by Gasteiger charge is 2.50. The second-order valence-electron chi connectivity index (χ2n) is 8.79. The molecule has 0 bridgehead atoms. The zero-order valence-electron chi connectivity index (χ0n) is 18.6. The molecule has 0 spiro atoms. The maximum absolute atomic E-state index is 13.9. The molecular weight excluding hydrogens is 453 g/mol. The predicted octanol–water partition coefficient (Wildman–Crippen LogP) is 3.93. The quantitative estimate of drug-likeness (QED) is 0.616. The van der Waals surface area contributed by atoms with Crippen LogP contribution in [0.25, 0.3) is 11.1 Å². The van der Waals surface area contributed by atoms with Gasteiger partial charge >= 0.3 is 0 Å². The summed E-state index contributed by atoms with van der Waals surface area (Å²) < 4.78 is 42.5. The maximum Gasteiger partial charge on any atom is 0.243 e. The molecule has 1 saturated heterocycles. The van der Waals surface area contributed by atoms with Crippen molar-refractivity contribution in [2.24, 2.45) is 5.92 Å². The second-order valence-corrected chi connectivity index (χ2v) is 10.7. The first-order chi connectivity index (χ1) is 16.3. The number of nitriles is 1. The van der Waals surface area contributed by atoms with Crippen LogP contribution in [-0.2, 0) is 10.0 Å². The number of benzene rings is 3. The Bertz CT molecular complexity index is 1390. The third kappa shape index (κ3) is 3.57. The smallest absolute Gasteiger partial charge is 0.243 e. The molecule has 2 aliphatic rings. The number of anilines is 1. The number of hydrogen-bond donors (Lipinski definition) is 1. The third-order valence-electron chi connectivity index (χ3n) is 7.05. The van der Waals surface area contributed by atoms with Crippen LogP contribution in [0, 0.1) is 23.1 Å². The molecule has 0 unspecified atom stereocenters. The van der Waals surface area contributed by atoms with Gasteiger partial charge in [0.25, 0.3) is 0 Å². The zero-order valence-corrected chi connectivity index (χ0v) is 19.4. The summed E-state index contributed by atoms with van der Waals surface area (Å²) in [5, 5.41) is 19.3. The van der Waals surface area contributed by atoms with Crippen LogP contribution in [-0.4, -0.2) is 44.1 Å². The van der Waals surface area contributed by atoms with Gasteiger partial charge in [-0.15, -0.1) is 0 Å². The molecule has 5 rings (SSSR count). The van der Waals surface area contributed by atoms with E-state index >= 15 is 0 Å². The van der Waals surface area contributed by atoms with Crippen molar-refractivity contribution in [3.8, 4) is 17.2 Å². The summed E-state index contributed by atoms with van der Waals surface area (Å²) in [4.78, 5) is 1.95.